The third kappa shape index (κ3) is 6.61. The molecule has 7 rings (SSSR count). The molecule has 2 N–H and O–H groups in total. The van der Waals surface area contributed by atoms with Crippen molar-refractivity contribution in [1.82, 2.24) is 4.72 Å². The van der Waals surface area contributed by atoms with E-state index in [2.05, 4.69) is 21.8 Å². The molecule has 2 aromatic carbocycles. The lowest BCUT2D eigenvalue weighted by molar-refractivity contribution is -0.0424. The van der Waals surface area contributed by atoms with Gasteiger partial charge in [-0.15, -0.1) is 0 Å². The van der Waals surface area contributed by atoms with Crippen molar-refractivity contribution in [2.75, 3.05) is 31.2 Å². The molecule has 0 saturated heterocycles. The third-order valence-electron chi connectivity index (χ3n) is 11.7. The quantitative estimate of drug-likeness (QED) is 0.356. The van der Waals surface area contributed by atoms with Gasteiger partial charge in [0.25, 0.3) is 5.91 Å². The van der Waals surface area contributed by atoms with E-state index < -0.39 is 26.8 Å². The summed E-state index contributed by atoms with van der Waals surface area (Å²) in [4.78, 5) is 20.6. The monoisotopic (exact) mass is 709 g/mol. The predicted molar refractivity (Wildman–Crippen MR) is 192 cm³/mol. The summed E-state index contributed by atoms with van der Waals surface area (Å²) < 4.78 is 41.8. The first-order valence-corrected chi connectivity index (χ1v) is 19.6. The Labute approximate surface area is 295 Å². The molecule has 3 heterocycles. The van der Waals surface area contributed by atoms with Gasteiger partial charge >= 0.3 is 0 Å². The van der Waals surface area contributed by atoms with Crippen molar-refractivity contribution in [2.45, 2.75) is 94.4 Å². The molecule has 11 heteroatoms. The van der Waals surface area contributed by atoms with E-state index in [1.54, 1.807) is 25.1 Å². The molecular weight excluding hydrogens is 662 g/mol. The molecule has 0 unspecified atom stereocenters. The van der Waals surface area contributed by atoms with Gasteiger partial charge < -0.3 is 19.5 Å². The van der Waals surface area contributed by atoms with E-state index in [-0.39, 0.29) is 40.7 Å². The van der Waals surface area contributed by atoms with Gasteiger partial charge in [-0.1, -0.05) is 36.7 Å². The number of nitrogens with one attached hydrogen (secondary N) is 1. The molecular formula is C38H48ClN3O6S. The van der Waals surface area contributed by atoms with Gasteiger partial charge in [-0.05, 0) is 119 Å². The Morgan fingerprint density at radius 3 is 2.65 bits per heavy atom. The molecule has 1 spiro atoms. The Morgan fingerprint density at radius 1 is 1.10 bits per heavy atom. The number of amides is 1. The summed E-state index contributed by atoms with van der Waals surface area (Å²) in [6.45, 7) is 9.73. The van der Waals surface area contributed by atoms with Gasteiger partial charge in [-0.3, -0.25) is 4.79 Å². The van der Waals surface area contributed by atoms with Crippen molar-refractivity contribution >= 4 is 39.1 Å². The van der Waals surface area contributed by atoms with Crippen LogP contribution in [0.3, 0.4) is 0 Å². The summed E-state index contributed by atoms with van der Waals surface area (Å²) in [5.74, 6) is 0.312. The van der Waals surface area contributed by atoms with E-state index in [0.29, 0.717) is 44.4 Å². The van der Waals surface area contributed by atoms with Crippen LogP contribution < -0.4 is 14.4 Å². The Hall–Kier alpha value is -3.08. The van der Waals surface area contributed by atoms with Crippen LogP contribution in [-0.4, -0.2) is 68.0 Å². The van der Waals surface area contributed by atoms with Gasteiger partial charge in [0.1, 0.15) is 12.4 Å². The second-order valence-corrected chi connectivity index (χ2v) is 18.3. The van der Waals surface area contributed by atoms with Gasteiger partial charge in [-0.25, -0.2) is 18.1 Å². The minimum atomic E-state index is -4.00. The van der Waals surface area contributed by atoms with Gasteiger partial charge in [0.2, 0.25) is 10.0 Å². The first-order valence-electron chi connectivity index (χ1n) is 17.7. The number of nitrogens with zero attached hydrogens (tertiary/aromatic N) is 2. The molecule has 3 aliphatic heterocycles. The van der Waals surface area contributed by atoms with E-state index >= 15 is 0 Å². The van der Waals surface area contributed by atoms with Crippen LogP contribution in [0.25, 0.3) is 0 Å². The van der Waals surface area contributed by atoms with Crippen molar-refractivity contribution < 1.29 is 27.8 Å². The lowest BCUT2D eigenvalue weighted by atomic mass is 9.63. The van der Waals surface area contributed by atoms with Crippen LogP contribution >= 0.6 is 11.6 Å². The second kappa shape index (κ2) is 12.6. The number of aryl methyl sites for hydroxylation is 1. The number of anilines is 1. The molecule has 1 amide bonds. The topological polar surface area (TPSA) is 118 Å². The van der Waals surface area contributed by atoms with Crippen molar-refractivity contribution in [3.63, 3.8) is 0 Å². The van der Waals surface area contributed by atoms with Crippen LogP contribution in [0, 0.1) is 17.8 Å². The van der Waals surface area contributed by atoms with Gasteiger partial charge in [0.15, 0.2) is 5.90 Å². The van der Waals surface area contributed by atoms with Crippen LogP contribution in [0.15, 0.2) is 53.5 Å². The minimum Gasteiger partial charge on any atom is -0.490 e. The molecule has 2 bridgehead atoms. The van der Waals surface area contributed by atoms with E-state index in [1.165, 1.54) is 11.1 Å². The van der Waals surface area contributed by atoms with Crippen LogP contribution in [0.5, 0.6) is 5.75 Å². The van der Waals surface area contributed by atoms with Gasteiger partial charge in [-0.2, -0.15) is 0 Å². The van der Waals surface area contributed by atoms with Crippen molar-refractivity contribution in [3.8, 4) is 5.75 Å². The average Bonchev–Trinajstić information content (AvgIpc) is 3.28. The minimum absolute atomic E-state index is 0.0735. The molecule has 5 aliphatic rings. The number of carbonyl (C=O) groups excluding carboxylic acids is 1. The number of carbonyl (C=O) groups is 1. The number of aliphatic hydroxyl groups is 1. The highest BCUT2D eigenvalue weighted by Crippen LogP contribution is 2.49. The number of aliphatic imine (C=N–C) groups is 1. The van der Waals surface area contributed by atoms with Crippen LogP contribution in [0.1, 0.15) is 87.7 Å². The SMILES string of the molecule is C[C@@H]1[C@@H](C)C/C=C/[C@@](O)(CC2=NC(C)(C)CO2)[C@@H]2CC[C@H]2CN2C[C@@]3(CCCc4cc(Cl)ccc43)COc3ccc(cc32)C(=O)NS1(=O)=O. The fraction of sp³-hybridized carbons (Fsp3) is 0.579. The van der Waals surface area contributed by atoms with Crippen LogP contribution in [0.2, 0.25) is 5.02 Å². The smallest absolute Gasteiger partial charge is 0.264 e. The summed E-state index contributed by atoms with van der Waals surface area (Å²) in [6, 6.07) is 11.4. The predicted octanol–water partition coefficient (Wildman–Crippen LogP) is 6.21. The largest absolute Gasteiger partial charge is 0.490 e. The number of sulfonamides is 1. The third-order valence-corrected chi connectivity index (χ3v) is 13.9. The lowest BCUT2D eigenvalue weighted by Crippen LogP contribution is -2.53. The molecule has 1 saturated carbocycles. The van der Waals surface area contributed by atoms with Crippen molar-refractivity contribution in [2.24, 2.45) is 22.7 Å². The number of fused-ring (bicyclic) bond motifs is 4. The molecule has 6 atom stereocenters. The zero-order valence-corrected chi connectivity index (χ0v) is 30.4. The molecule has 264 valence electrons. The molecule has 2 aliphatic carbocycles. The van der Waals surface area contributed by atoms with E-state index in [4.69, 9.17) is 26.1 Å². The maximum atomic E-state index is 13.5. The maximum absolute atomic E-state index is 13.5. The fourth-order valence-electron chi connectivity index (χ4n) is 8.56. The van der Waals surface area contributed by atoms with Crippen LogP contribution in [0.4, 0.5) is 5.69 Å². The zero-order chi connectivity index (χ0) is 34.8. The summed E-state index contributed by atoms with van der Waals surface area (Å²) in [5, 5.41) is 12.4. The average molecular weight is 710 g/mol. The number of rotatable bonds is 2. The number of ether oxygens (including phenoxy) is 2. The normalized spacial score (nSPS) is 34.2. The van der Waals surface area contributed by atoms with Crippen molar-refractivity contribution in [3.05, 3.63) is 70.3 Å². The fourth-order valence-corrected chi connectivity index (χ4v) is 10.0. The van der Waals surface area contributed by atoms with Crippen molar-refractivity contribution in [1.29, 1.82) is 0 Å². The number of hydrogen-bond donors (Lipinski definition) is 2. The Balaban J connectivity index is 1.31. The highest BCUT2D eigenvalue weighted by atomic mass is 35.5. The summed E-state index contributed by atoms with van der Waals surface area (Å²) >= 11 is 6.45. The highest BCUT2D eigenvalue weighted by Gasteiger charge is 2.49. The van der Waals surface area contributed by atoms with E-state index in [0.717, 1.165) is 42.8 Å². The molecule has 49 heavy (non-hydrogen) atoms. The zero-order valence-electron chi connectivity index (χ0n) is 28.9. The number of halogens is 1. The first kappa shape index (κ1) is 34.4. The Morgan fingerprint density at radius 2 is 1.92 bits per heavy atom. The molecule has 9 nitrogen and oxygen atoms in total. The van der Waals surface area contributed by atoms with E-state index in [1.807, 2.05) is 39.0 Å². The number of benzene rings is 2. The Bertz CT molecular complexity index is 1810. The number of allylic oxidation sites excluding steroid dienone is 1. The first-order chi connectivity index (χ1) is 23.2. The second-order valence-electron chi connectivity index (χ2n) is 15.8. The molecule has 0 aromatic heterocycles. The maximum Gasteiger partial charge on any atom is 0.264 e. The Kier molecular flexibility index (Phi) is 8.84. The van der Waals surface area contributed by atoms with Crippen LogP contribution in [-0.2, 0) is 26.6 Å². The summed E-state index contributed by atoms with van der Waals surface area (Å²) in [7, 11) is -4.00. The lowest BCUT2D eigenvalue weighted by Gasteiger charge is -2.49. The summed E-state index contributed by atoms with van der Waals surface area (Å²) in [6.07, 6.45) is 9.11. The molecule has 0 radical (unpaired) electrons. The standard InChI is InChI=1S/C38H48ClN3O6S/c1-24-7-5-16-38(44,19-34-40-36(3,4)22-48-34)31-12-9-28(31)20-42-21-37(15-6-8-26-17-29(39)11-13-30(26)37)23-47-33-14-10-27(18-32(33)42)35(43)41-49(45,46)25(24)2/h5,10-11,13-14,16-18,24-25,28,31,44H,6-9,12,15,19-23H2,1-4H3,(H,41,43)/b16-5+/t24-,25+,28-,31+,37-,38+/m0/s1. The number of hydrogen-bond acceptors (Lipinski definition) is 8. The summed E-state index contributed by atoms with van der Waals surface area (Å²) in [5.41, 5.74) is 1.59. The van der Waals surface area contributed by atoms with Gasteiger partial charge in [0.05, 0.1) is 35.1 Å². The van der Waals surface area contributed by atoms with E-state index in [9.17, 15) is 18.3 Å². The van der Waals surface area contributed by atoms with Gasteiger partial charge in [0, 0.05) is 29.1 Å². The highest BCUT2D eigenvalue weighted by molar-refractivity contribution is 7.90. The molecule has 2 aromatic rings. The molecule has 1 fully saturated rings.